The average Bonchev–Trinajstić information content (AvgIpc) is 2.59. The Hall–Kier alpha value is -1.16. The summed E-state index contributed by atoms with van der Waals surface area (Å²) in [4.78, 5) is 8.30. The van der Waals surface area contributed by atoms with Crippen molar-refractivity contribution >= 4 is 17.4 Å². The fourth-order valence-corrected chi connectivity index (χ4v) is 1.51. The molecule has 0 N–H and O–H groups in total. The Morgan fingerprint density at radius 2 is 2.31 bits per heavy atom. The van der Waals surface area contributed by atoms with Crippen LogP contribution in [0.3, 0.4) is 0 Å². The molecular formula is C8H9ClN4. The second-order valence-electron chi connectivity index (χ2n) is 2.80. The smallest absolute Gasteiger partial charge is 0.216 e. The number of aromatic nitrogens is 4. The highest BCUT2D eigenvalue weighted by molar-refractivity contribution is 6.30. The molecule has 68 valence electrons. The van der Waals surface area contributed by atoms with E-state index < -0.39 is 0 Å². The van der Waals surface area contributed by atoms with Gasteiger partial charge in [-0.2, -0.15) is 14.6 Å². The van der Waals surface area contributed by atoms with Gasteiger partial charge in [0, 0.05) is 5.56 Å². The molecule has 0 saturated carbocycles. The van der Waals surface area contributed by atoms with Gasteiger partial charge in [-0.05, 0) is 13.3 Å². The van der Waals surface area contributed by atoms with Crippen LogP contribution in [-0.4, -0.2) is 19.6 Å². The van der Waals surface area contributed by atoms with Gasteiger partial charge in [0.15, 0.2) is 0 Å². The predicted octanol–water partition coefficient (Wildman–Crippen LogP) is 1.65. The summed E-state index contributed by atoms with van der Waals surface area (Å²) in [6.45, 7) is 3.98. The number of halogens is 1. The highest BCUT2D eigenvalue weighted by Crippen LogP contribution is 2.18. The normalized spacial score (nSPS) is 11.0. The van der Waals surface area contributed by atoms with Gasteiger partial charge in [0.25, 0.3) is 5.78 Å². The molecule has 0 amide bonds. The summed E-state index contributed by atoms with van der Waals surface area (Å²) in [7, 11) is 0. The first-order valence-electron chi connectivity index (χ1n) is 4.08. The van der Waals surface area contributed by atoms with Crippen LogP contribution in [0.5, 0.6) is 0 Å². The molecule has 0 bridgehead atoms. The van der Waals surface area contributed by atoms with E-state index >= 15 is 0 Å². The summed E-state index contributed by atoms with van der Waals surface area (Å²) in [5.74, 6) is 0.562. The third-order valence-electron chi connectivity index (χ3n) is 2.03. The molecule has 0 aliphatic heterocycles. The molecule has 0 aliphatic carbocycles. The van der Waals surface area contributed by atoms with E-state index in [2.05, 4.69) is 15.1 Å². The van der Waals surface area contributed by atoms with Gasteiger partial charge in [-0.15, -0.1) is 0 Å². The Morgan fingerprint density at radius 1 is 1.54 bits per heavy atom. The SMILES string of the molecule is CCc1nc2ncnn2c(Cl)c1C. The van der Waals surface area contributed by atoms with Crippen LogP contribution in [0.15, 0.2) is 6.33 Å². The maximum Gasteiger partial charge on any atom is 0.253 e. The minimum absolute atomic E-state index is 0.562. The first-order chi connectivity index (χ1) is 6.24. The molecular weight excluding hydrogens is 188 g/mol. The Morgan fingerprint density at radius 3 is 3.00 bits per heavy atom. The van der Waals surface area contributed by atoms with Crippen molar-refractivity contribution < 1.29 is 0 Å². The summed E-state index contributed by atoms with van der Waals surface area (Å²) < 4.78 is 1.54. The predicted molar refractivity (Wildman–Crippen MR) is 49.9 cm³/mol. The number of hydrogen-bond donors (Lipinski definition) is 0. The molecule has 0 fully saturated rings. The van der Waals surface area contributed by atoms with Gasteiger partial charge in [0.2, 0.25) is 0 Å². The Balaban J connectivity index is 2.83. The number of aryl methyl sites for hydroxylation is 1. The van der Waals surface area contributed by atoms with E-state index in [0.29, 0.717) is 10.9 Å². The van der Waals surface area contributed by atoms with Gasteiger partial charge in [-0.25, -0.2) is 4.98 Å². The molecule has 13 heavy (non-hydrogen) atoms. The molecule has 0 saturated heterocycles. The van der Waals surface area contributed by atoms with Crippen molar-refractivity contribution in [3.05, 3.63) is 22.7 Å². The van der Waals surface area contributed by atoms with Crippen LogP contribution in [0.25, 0.3) is 5.78 Å². The second-order valence-corrected chi connectivity index (χ2v) is 3.16. The Kier molecular flexibility index (Phi) is 1.92. The van der Waals surface area contributed by atoms with Gasteiger partial charge >= 0.3 is 0 Å². The highest BCUT2D eigenvalue weighted by atomic mass is 35.5. The van der Waals surface area contributed by atoms with E-state index in [9.17, 15) is 0 Å². The summed E-state index contributed by atoms with van der Waals surface area (Å²) in [6, 6.07) is 0. The quantitative estimate of drug-likeness (QED) is 0.652. The van der Waals surface area contributed by atoms with Crippen LogP contribution in [-0.2, 0) is 6.42 Å². The highest BCUT2D eigenvalue weighted by Gasteiger charge is 2.09. The number of rotatable bonds is 1. The molecule has 2 aromatic heterocycles. The van der Waals surface area contributed by atoms with Crippen molar-refractivity contribution in [3.8, 4) is 0 Å². The Labute approximate surface area is 80.6 Å². The van der Waals surface area contributed by atoms with Crippen molar-refractivity contribution in [2.24, 2.45) is 0 Å². The van der Waals surface area contributed by atoms with Crippen LogP contribution >= 0.6 is 11.6 Å². The zero-order chi connectivity index (χ0) is 9.42. The zero-order valence-corrected chi connectivity index (χ0v) is 8.21. The lowest BCUT2D eigenvalue weighted by molar-refractivity contribution is 0.893. The van der Waals surface area contributed by atoms with Crippen LogP contribution < -0.4 is 0 Å². The number of nitrogens with zero attached hydrogens (tertiary/aromatic N) is 4. The molecule has 2 rings (SSSR count). The second kappa shape index (κ2) is 2.96. The molecule has 5 heteroatoms. The molecule has 0 radical (unpaired) electrons. The molecule has 0 aromatic carbocycles. The minimum Gasteiger partial charge on any atom is -0.216 e. The molecule has 0 atom stereocenters. The maximum atomic E-state index is 6.07. The fraction of sp³-hybridized carbons (Fsp3) is 0.375. The largest absolute Gasteiger partial charge is 0.253 e. The van der Waals surface area contributed by atoms with Crippen molar-refractivity contribution in [3.63, 3.8) is 0 Å². The third kappa shape index (κ3) is 1.18. The van der Waals surface area contributed by atoms with E-state index in [1.54, 1.807) is 0 Å². The van der Waals surface area contributed by atoms with Gasteiger partial charge in [0.1, 0.15) is 11.5 Å². The summed E-state index contributed by atoms with van der Waals surface area (Å²) in [5, 5.41) is 4.56. The standard InChI is InChI=1S/C8H9ClN4/c1-3-6-5(2)7(9)13-8(12-6)10-4-11-13/h4H,3H2,1-2H3. The molecule has 4 nitrogen and oxygen atoms in total. The summed E-state index contributed by atoms with van der Waals surface area (Å²) in [5.41, 5.74) is 1.95. The van der Waals surface area contributed by atoms with E-state index in [-0.39, 0.29) is 0 Å². The van der Waals surface area contributed by atoms with Crippen LogP contribution in [0.1, 0.15) is 18.2 Å². The monoisotopic (exact) mass is 196 g/mol. The Bertz CT molecular complexity index is 449. The topological polar surface area (TPSA) is 43.1 Å². The number of fused-ring (bicyclic) bond motifs is 1. The third-order valence-corrected chi connectivity index (χ3v) is 2.47. The average molecular weight is 197 g/mol. The van der Waals surface area contributed by atoms with Crippen molar-refractivity contribution in [1.29, 1.82) is 0 Å². The summed E-state index contributed by atoms with van der Waals surface area (Å²) >= 11 is 6.07. The molecule has 2 heterocycles. The zero-order valence-electron chi connectivity index (χ0n) is 7.45. The number of hydrogen-bond acceptors (Lipinski definition) is 3. The molecule has 0 aliphatic rings. The van der Waals surface area contributed by atoms with Gasteiger partial charge in [-0.1, -0.05) is 18.5 Å². The van der Waals surface area contributed by atoms with E-state index in [0.717, 1.165) is 17.7 Å². The lowest BCUT2D eigenvalue weighted by atomic mass is 10.2. The van der Waals surface area contributed by atoms with Gasteiger partial charge < -0.3 is 0 Å². The van der Waals surface area contributed by atoms with Crippen molar-refractivity contribution in [2.45, 2.75) is 20.3 Å². The lowest BCUT2D eigenvalue weighted by Gasteiger charge is -2.04. The van der Waals surface area contributed by atoms with Gasteiger partial charge in [0.05, 0.1) is 5.69 Å². The molecule has 0 unspecified atom stereocenters. The minimum atomic E-state index is 0.562. The van der Waals surface area contributed by atoms with Crippen molar-refractivity contribution in [1.82, 2.24) is 19.6 Å². The van der Waals surface area contributed by atoms with Crippen LogP contribution in [0.4, 0.5) is 0 Å². The summed E-state index contributed by atoms with van der Waals surface area (Å²) in [6.07, 6.45) is 2.31. The van der Waals surface area contributed by atoms with E-state index in [1.807, 2.05) is 13.8 Å². The molecule has 0 spiro atoms. The fourth-order valence-electron chi connectivity index (χ4n) is 1.28. The first kappa shape index (κ1) is 8.44. The molecule has 2 aromatic rings. The lowest BCUT2D eigenvalue weighted by Crippen LogP contribution is -2.01. The van der Waals surface area contributed by atoms with Crippen LogP contribution in [0.2, 0.25) is 5.15 Å². The van der Waals surface area contributed by atoms with Gasteiger partial charge in [-0.3, -0.25) is 0 Å². The van der Waals surface area contributed by atoms with E-state index in [1.165, 1.54) is 10.8 Å². The van der Waals surface area contributed by atoms with E-state index in [4.69, 9.17) is 11.6 Å². The van der Waals surface area contributed by atoms with Crippen LogP contribution in [0, 0.1) is 6.92 Å². The first-order valence-corrected chi connectivity index (χ1v) is 4.46. The maximum absolute atomic E-state index is 6.07. The van der Waals surface area contributed by atoms with Crippen molar-refractivity contribution in [2.75, 3.05) is 0 Å².